The van der Waals surface area contributed by atoms with Gasteiger partial charge in [-0.3, -0.25) is 4.79 Å². The predicted molar refractivity (Wildman–Crippen MR) is 118 cm³/mol. The van der Waals surface area contributed by atoms with E-state index >= 15 is 0 Å². The fraction of sp³-hybridized carbons (Fsp3) is 0.192. The van der Waals surface area contributed by atoms with Gasteiger partial charge in [-0.1, -0.05) is 73.6 Å². The molecule has 0 unspecified atom stereocenters. The van der Waals surface area contributed by atoms with Crippen molar-refractivity contribution in [3.63, 3.8) is 0 Å². The minimum atomic E-state index is -0.446. The van der Waals surface area contributed by atoms with Crippen LogP contribution in [-0.4, -0.2) is 17.5 Å². The van der Waals surface area contributed by atoms with Crippen LogP contribution in [0.2, 0.25) is 0 Å². The first-order valence-corrected chi connectivity index (χ1v) is 9.91. The van der Waals surface area contributed by atoms with Crippen LogP contribution in [0.3, 0.4) is 0 Å². The van der Waals surface area contributed by atoms with E-state index in [1.807, 2.05) is 61.5 Å². The highest BCUT2D eigenvalue weighted by atomic mass is 16.7. The van der Waals surface area contributed by atoms with Crippen molar-refractivity contribution in [3.8, 4) is 11.1 Å². The summed E-state index contributed by atoms with van der Waals surface area (Å²) in [5.41, 5.74) is 7.23. The van der Waals surface area contributed by atoms with Gasteiger partial charge in [0.05, 0.1) is 5.71 Å². The lowest BCUT2D eigenvalue weighted by molar-refractivity contribution is -0.140. The molecule has 0 aliphatic heterocycles. The highest BCUT2D eigenvalue weighted by molar-refractivity contribution is 6.09. The van der Waals surface area contributed by atoms with Crippen molar-refractivity contribution in [2.45, 2.75) is 33.1 Å². The molecule has 1 aliphatic carbocycles. The Morgan fingerprint density at radius 1 is 0.767 bits per heavy atom. The molecular weight excluding hydrogens is 374 g/mol. The molecule has 0 radical (unpaired) electrons. The lowest BCUT2D eigenvalue weighted by atomic mass is 9.81. The van der Waals surface area contributed by atoms with Gasteiger partial charge in [0.2, 0.25) is 0 Å². The smallest absolute Gasteiger partial charge is 0.318 e. The Morgan fingerprint density at radius 3 is 1.93 bits per heavy atom. The molecule has 0 amide bonds. The van der Waals surface area contributed by atoms with Crippen molar-refractivity contribution in [1.29, 1.82) is 0 Å². The molecule has 0 fully saturated rings. The van der Waals surface area contributed by atoms with E-state index in [2.05, 4.69) is 31.1 Å². The van der Waals surface area contributed by atoms with E-state index in [9.17, 15) is 9.59 Å². The van der Waals surface area contributed by atoms with Crippen LogP contribution >= 0.6 is 0 Å². The fourth-order valence-electron chi connectivity index (χ4n) is 4.05. The number of hydrogen-bond acceptors (Lipinski definition) is 4. The van der Waals surface area contributed by atoms with E-state index < -0.39 is 5.97 Å². The van der Waals surface area contributed by atoms with Gasteiger partial charge in [-0.05, 0) is 46.9 Å². The standard InChI is InChI=1S/C26H23NO3/c1-16(27-30-17(2)28)19-10-12-21-22-13-11-20(25(29)18-8-6-5-7-9-18)15-24(22)26(3,4)23(21)14-19/h5-15H,1-4H3. The van der Waals surface area contributed by atoms with Crippen LogP contribution in [0.5, 0.6) is 0 Å². The van der Waals surface area contributed by atoms with Crippen molar-refractivity contribution in [2.75, 3.05) is 0 Å². The molecule has 30 heavy (non-hydrogen) atoms. The van der Waals surface area contributed by atoms with Crippen LogP contribution in [0, 0.1) is 0 Å². The van der Waals surface area contributed by atoms with Gasteiger partial charge in [-0.2, -0.15) is 0 Å². The summed E-state index contributed by atoms with van der Waals surface area (Å²) in [5.74, 6) is -0.422. The minimum absolute atomic E-state index is 0.0233. The van der Waals surface area contributed by atoms with Gasteiger partial charge >= 0.3 is 5.97 Å². The zero-order valence-electron chi connectivity index (χ0n) is 17.5. The summed E-state index contributed by atoms with van der Waals surface area (Å²) in [6, 6.07) is 21.4. The number of carbonyl (C=O) groups is 2. The van der Waals surface area contributed by atoms with Crippen molar-refractivity contribution >= 4 is 17.5 Å². The maximum Gasteiger partial charge on any atom is 0.331 e. The average Bonchev–Trinajstić information content (AvgIpc) is 2.98. The van der Waals surface area contributed by atoms with Gasteiger partial charge in [0, 0.05) is 23.5 Å². The van der Waals surface area contributed by atoms with Gasteiger partial charge in [-0.25, -0.2) is 4.79 Å². The summed E-state index contributed by atoms with van der Waals surface area (Å²) in [6.07, 6.45) is 0. The molecule has 0 saturated heterocycles. The molecule has 1 aliphatic rings. The number of fused-ring (bicyclic) bond motifs is 3. The lowest BCUT2D eigenvalue weighted by Crippen LogP contribution is -2.16. The van der Waals surface area contributed by atoms with Crippen molar-refractivity contribution in [2.24, 2.45) is 5.16 Å². The Kier molecular flexibility index (Phi) is 4.86. The molecule has 0 N–H and O–H groups in total. The summed E-state index contributed by atoms with van der Waals surface area (Å²) in [5, 5.41) is 3.91. The van der Waals surface area contributed by atoms with E-state index in [0.29, 0.717) is 16.8 Å². The summed E-state index contributed by atoms with van der Waals surface area (Å²) < 4.78 is 0. The van der Waals surface area contributed by atoms with Crippen LogP contribution in [-0.2, 0) is 15.0 Å². The van der Waals surface area contributed by atoms with E-state index in [0.717, 1.165) is 27.8 Å². The van der Waals surface area contributed by atoms with Crippen LogP contribution in [0.4, 0.5) is 0 Å². The van der Waals surface area contributed by atoms with Crippen molar-refractivity contribution in [1.82, 2.24) is 0 Å². The monoisotopic (exact) mass is 397 g/mol. The number of hydrogen-bond donors (Lipinski definition) is 0. The molecule has 0 spiro atoms. The molecule has 4 heteroatoms. The third kappa shape index (κ3) is 3.35. The molecule has 0 heterocycles. The predicted octanol–water partition coefficient (Wildman–Crippen LogP) is 5.51. The van der Waals surface area contributed by atoms with Crippen LogP contribution in [0.1, 0.15) is 60.3 Å². The minimum Gasteiger partial charge on any atom is -0.318 e. The Morgan fingerprint density at radius 2 is 1.33 bits per heavy atom. The van der Waals surface area contributed by atoms with Gasteiger partial charge < -0.3 is 4.84 Å². The molecular formula is C26H23NO3. The van der Waals surface area contributed by atoms with Gasteiger partial charge in [0.15, 0.2) is 5.78 Å². The molecule has 3 aromatic rings. The summed E-state index contributed by atoms with van der Waals surface area (Å²) in [6.45, 7) is 7.47. The Hall–Kier alpha value is -3.53. The highest BCUT2D eigenvalue weighted by Gasteiger charge is 2.36. The Bertz CT molecular complexity index is 1190. The second-order valence-electron chi connectivity index (χ2n) is 8.10. The average molecular weight is 397 g/mol. The van der Waals surface area contributed by atoms with Gasteiger partial charge in [0.25, 0.3) is 0 Å². The molecule has 3 aromatic carbocycles. The molecule has 0 saturated carbocycles. The van der Waals surface area contributed by atoms with E-state index in [-0.39, 0.29) is 11.2 Å². The topological polar surface area (TPSA) is 55.7 Å². The molecule has 0 bridgehead atoms. The zero-order valence-corrected chi connectivity index (χ0v) is 17.5. The number of carbonyl (C=O) groups excluding carboxylic acids is 2. The van der Waals surface area contributed by atoms with Crippen molar-refractivity contribution < 1.29 is 14.4 Å². The fourth-order valence-corrected chi connectivity index (χ4v) is 4.05. The van der Waals surface area contributed by atoms with Crippen LogP contribution < -0.4 is 0 Å². The summed E-state index contributed by atoms with van der Waals surface area (Å²) in [7, 11) is 0. The largest absolute Gasteiger partial charge is 0.331 e. The molecule has 4 nitrogen and oxygen atoms in total. The lowest BCUT2D eigenvalue weighted by Gasteiger charge is -2.22. The number of rotatable bonds is 4. The normalized spacial score (nSPS) is 14.1. The maximum absolute atomic E-state index is 12.9. The first kappa shape index (κ1) is 19.8. The summed E-state index contributed by atoms with van der Waals surface area (Å²) >= 11 is 0. The van der Waals surface area contributed by atoms with Gasteiger partial charge in [-0.15, -0.1) is 0 Å². The Labute approximate surface area is 176 Å². The number of nitrogens with zero attached hydrogens (tertiary/aromatic N) is 1. The highest BCUT2D eigenvalue weighted by Crippen LogP contribution is 2.49. The zero-order chi connectivity index (χ0) is 21.5. The van der Waals surface area contributed by atoms with E-state index in [1.54, 1.807) is 0 Å². The van der Waals surface area contributed by atoms with E-state index in [4.69, 9.17) is 4.84 Å². The second-order valence-corrected chi connectivity index (χ2v) is 8.10. The molecule has 0 atom stereocenters. The quantitative estimate of drug-likeness (QED) is 0.252. The number of ketones is 1. The third-order valence-corrected chi connectivity index (χ3v) is 5.70. The van der Waals surface area contributed by atoms with Crippen LogP contribution in [0.15, 0.2) is 71.9 Å². The third-order valence-electron chi connectivity index (χ3n) is 5.70. The number of oxime groups is 1. The van der Waals surface area contributed by atoms with Crippen molar-refractivity contribution in [3.05, 3.63) is 94.5 Å². The molecule has 4 rings (SSSR count). The molecule has 150 valence electrons. The number of benzene rings is 3. The van der Waals surface area contributed by atoms with Crippen LogP contribution in [0.25, 0.3) is 11.1 Å². The van der Waals surface area contributed by atoms with E-state index in [1.165, 1.54) is 6.92 Å². The maximum atomic E-state index is 12.9. The first-order valence-electron chi connectivity index (χ1n) is 9.91. The first-order chi connectivity index (χ1) is 14.3. The summed E-state index contributed by atoms with van der Waals surface area (Å²) in [4.78, 5) is 28.8. The molecule has 0 aromatic heterocycles. The SMILES string of the molecule is CC(=O)ON=C(C)c1ccc2c(c1)C(C)(C)c1cc(C(=O)c3ccccc3)ccc1-2. The van der Waals surface area contributed by atoms with Gasteiger partial charge in [0.1, 0.15) is 0 Å². The Balaban J connectivity index is 1.75. The second kappa shape index (κ2) is 7.38.